The van der Waals surface area contributed by atoms with E-state index in [1.807, 2.05) is 0 Å². The van der Waals surface area contributed by atoms with E-state index >= 15 is 0 Å². The summed E-state index contributed by atoms with van der Waals surface area (Å²) < 4.78 is 0. The molecule has 0 radical (unpaired) electrons. The number of hydrogen-bond acceptors (Lipinski definition) is 10. The van der Waals surface area contributed by atoms with Crippen LogP contribution < -0.4 is 17.2 Å². The zero-order chi connectivity index (χ0) is 26.8. The van der Waals surface area contributed by atoms with E-state index in [9.17, 15) is 28.8 Å². The summed E-state index contributed by atoms with van der Waals surface area (Å²) in [6.45, 7) is 4.26. The Balaban J connectivity index is -0.0000000509. The van der Waals surface area contributed by atoms with Crippen LogP contribution in [0.2, 0.25) is 0 Å². The summed E-state index contributed by atoms with van der Waals surface area (Å²) in [7, 11) is 0. The van der Waals surface area contributed by atoms with Gasteiger partial charge in [0.25, 0.3) is 0 Å². The Kier molecular flexibility index (Phi) is 53.1. The summed E-state index contributed by atoms with van der Waals surface area (Å²) in [6, 6.07) is -3.33. The Morgan fingerprint density at radius 3 is 0.778 bits per heavy atom. The summed E-state index contributed by atoms with van der Waals surface area (Å²) in [4.78, 5) is 60.6. The molecule has 0 heterocycles. The van der Waals surface area contributed by atoms with Crippen molar-refractivity contribution in [2.45, 2.75) is 51.9 Å². The Morgan fingerprint density at radius 1 is 0.528 bits per heavy atom. The normalized spacial score (nSPS) is 11.7. The molecule has 12 N–H and O–H groups in total. The quantitative estimate of drug-likeness (QED) is 0.117. The van der Waals surface area contributed by atoms with Crippen molar-refractivity contribution < 1.29 is 59.4 Å². The fourth-order valence-corrected chi connectivity index (χ4v) is 0.833. The molecule has 4 atom stereocenters. The first-order valence-electron chi connectivity index (χ1n) is 8.63. The number of carboxylic acid groups (broad SMARTS) is 6. The van der Waals surface area contributed by atoms with E-state index in [4.69, 9.17) is 47.8 Å². The number of aliphatic carboxylic acids is 6. The molecule has 0 rings (SSSR count). The van der Waals surface area contributed by atoms with Crippen LogP contribution >= 0.6 is 0 Å². The standard InChI is InChI=1S/C7H11NO6.3C3H7NO2.4Na.4H/c1-4(7(13)14)8(2-5(9)10)3-6(11)12;3*1-2(4)3(5)6;;;;;;;;/h4H,2-3H2,1H3,(H,9,10)(H,11,12)(H,13,14);3*2H,4H2,1H3,(H,5,6);;;;;;;;. The van der Waals surface area contributed by atoms with Gasteiger partial charge in [-0.1, -0.05) is 0 Å². The zero-order valence-corrected chi connectivity index (χ0v) is 18.0. The van der Waals surface area contributed by atoms with Crippen LogP contribution in [0.15, 0.2) is 0 Å². The predicted molar refractivity (Wildman–Crippen MR) is 136 cm³/mol. The predicted octanol–water partition coefficient (Wildman–Crippen LogP) is -5.41. The van der Waals surface area contributed by atoms with Crippen molar-refractivity contribution in [1.29, 1.82) is 0 Å². The van der Waals surface area contributed by atoms with E-state index in [-0.39, 0.29) is 118 Å². The first-order valence-corrected chi connectivity index (χ1v) is 8.63. The number of carboxylic acids is 6. The van der Waals surface area contributed by atoms with Crippen molar-refractivity contribution >= 4 is 154 Å². The van der Waals surface area contributed by atoms with Crippen molar-refractivity contribution in [2.24, 2.45) is 17.2 Å². The molecule has 0 aromatic carbocycles. The molecule has 0 fully saturated rings. The molecule has 0 spiro atoms. The van der Waals surface area contributed by atoms with Crippen LogP contribution in [0, 0.1) is 0 Å². The molecule has 0 aromatic heterocycles. The minimum atomic E-state index is -1.26. The van der Waals surface area contributed by atoms with E-state index in [0.29, 0.717) is 0 Å². The van der Waals surface area contributed by atoms with Gasteiger partial charge in [0.1, 0.15) is 24.2 Å². The van der Waals surface area contributed by atoms with Gasteiger partial charge in [0.2, 0.25) is 0 Å². The van der Waals surface area contributed by atoms with E-state index in [0.717, 1.165) is 4.90 Å². The second-order valence-electron chi connectivity index (χ2n) is 6.09. The molecule has 0 aliphatic heterocycles. The van der Waals surface area contributed by atoms with Crippen molar-refractivity contribution in [2.75, 3.05) is 13.1 Å². The van der Waals surface area contributed by atoms with Crippen LogP contribution in [-0.2, 0) is 28.8 Å². The van der Waals surface area contributed by atoms with Gasteiger partial charge in [0.05, 0.1) is 13.1 Å². The van der Waals surface area contributed by atoms with Gasteiger partial charge >= 0.3 is 154 Å². The van der Waals surface area contributed by atoms with Crippen molar-refractivity contribution in [3.63, 3.8) is 0 Å². The van der Waals surface area contributed by atoms with Gasteiger partial charge in [0, 0.05) is 0 Å². The molecule has 4 unspecified atom stereocenters. The van der Waals surface area contributed by atoms with Crippen molar-refractivity contribution in [3.05, 3.63) is 0 Å². The van der Waals surface area contributed by atoms with E-state index in [2.05, 4.69) is 0 Å². The number of hydrogen-bond donors (Lipinski definition) is 9. The third-order valence-corrected chi connectivity index (χ3v) is 2.75. The Bertz CT molecular complexity index is 581. The van der Waals surface area contributed by atoms with Crippen LogP contribution in [-0.4, -0.2) is 227 Å². The molecular formula is C16H36N4Na4O12. The van der Waals surface area contributed by atoms with Crippen molar-refractivity contribution in [1.82, 2.24) is 4.90 Å². The molecule has 0 saturated heterocycles. The second kappa shape index (κ2) is 33.7. The third-order valence-electron chi connectivity index (χ3n) is 2.75. The van der Waals surface area contributed by atoms with Crippen molar-refractivity contribution in [3.8, 4) is 0 Å². The summed E-state index contributed by atoms with van der Waals surface area (Å²) in [5.41, 5.74) is 14.5. The first kappa shape index (κ1) is 56.8. The van der Waals surface area contributed by atoms with Gasteiger partial charge in [0.15, 0.2) is 0 Å². The van der Waals surface area contributed by atoms with Crippen LogP contribution in [0.5, 0.6) is 0 Å². The zero-order valence-electron chi connectivity index (χ0n) is 18.0. The Morgan fingerprint density at radius 2 is 0.694 bits per heavy atom. The molecular weight excluding hydrogens is 532 g/mol. The van der Waals surface area contributed by atoms with Crippen LogP contribution in [0.4, 0.5) is 0 Å². The van der Waals surface area contributed by atoms with Gasteiger partial charge in [-0.05, 0) is 27.7 Å². The molecule has 196 valence electrons. The van der Waals surface area contributed by atoms with Crippen LogP contribution in [0.3, 0.4) is 0 Å². The summed E-state index contributed by atoms with van der Waals surface area (Å²) in [5.74, 6) is -6.67. The van der Waals surface area contributed by atoms with E-state index in [1.165, 1.54) is 27.7 Å². The number of rotatable bonds is 9. The van der Waals surface area contributed by atoms with Gasteiger partial charge in [-0.3, -0.25) is 33.7 Å². The molecule has 0 aliphatic carbocycles. The molecule has 16 nitrogen and oxygen atoms in total. The van der Waals surface area contributed by atoms with Gasteiger partial charge in [-0.2, -0.15) is 0 Å². The van der Waals surface area contributed by atoms with Gasteiger partial charge < -0.3 is 47.8 Å². The van der Waals surface area contributed by atoms with Gasteiger partial charge in [-0.15, -0.1) is 0 Å². The molecule has 0 aromatic rings. The topological polar surface area (TPSA) is 305 Å². The number of carbonyl (C=O) groups is 6. The molecule has 0 amide bonds. The second-order valence-corrected chi connectivity index (χ2v) is 6.09. The Labute approximate surface area is 296 Å². The van der Waals surface area contributed by atoms with E-state index in [1.54, 1.807) is 0 Å². The summed E-state index contributed by atoms with van der Waals surface area (Å²) in [5, 5.41) is 48.9. The molecule has 0 bridgehead atoms. The third kappa shape index (κ3) is 47.8. The maximum absolute atomic E-state index is 10.5. The first-order chi connectivity index (χ1) is 14.3. The monoisotopic (exact) mass is 568 g/mol. The van der Waals surface area contributed by atoms with E-state index < -0.39 is 73.1 Å². The molecule has 0 aliphatic rings. The molecule has 20 heteroatoms. The minimum absolute atomic E-state index is 0. The average Bonchev–Trinajstić information content (AvgIpc) is 2.60. The maximum atomic E-state index is 10.5. The SMILES string of the molecule is CC(C(=O)O)N(CC(=O)O)CC(=O)O.CC(N)C(=O)O.CC(N)C(=O)O.CC(N)C(=O)O.[NaH].[NaH].[NaH].[NaH]. The summed E-state index contributed by atoms with van der Waals surface area (Å²) in [6.07, 6.45) is 0. The number of nitrogens with two attached hydrogens (primary N) is 3. The van der Waals surface area contributed by atoms with Crippen LogP contribution in [0.1, 0.15) is 27.7 Å². The van der Waals surface area contributed by atoms with Crippen LogP contribution in [0.25, 0.3) is 0 Å². The summed E-state index contributed by atoms with van der Waals surface area (Å²) >= 11 is 0. The molecule has 36 heavy (non-hydrogen) atoms. The fourth-order valence-electron chi connectivity index (χ4n) is 0.833. The molecule has 0 saturated carbocycles. The number of nitrogens with zero attached hydrogens (tertiary/aromatic N) is 1. The average molecular weight is 568 g/mol. The Hall–Kier alpha value is 0.660. The van der Waals surface area contributed by atoms with Gasteiger partial charge in [-0.25, -0.2) is 0 Å². The fraction of sp³-hybridized carbons (Fsp3) is 0.625.